The Kier molecular flexibility index (Phi) is 6.83. The summed E-state index contributed by atoms with van der Waals surface area (Å²) in [4.78, 5) is 31.7. The van der Waals surface area contributed by atoms with E-state index in [1.807, 2.05) is 46.2 Å². The predicted molar refractivity (Wildman–Crippen MR) is 123 cm³/mol. The van der Waals surface area contributed by atoms with Crippen LogP contribution in [0.4, 0.5) is 5.69 Å². The molecule has 2 aromatic carbocycles. The summed E-state index contributed by atoms with van der Waals surface area (Å²) in [6.45, 7) is 4.14. The van der Waals surface area contributed by atoms with Gasteiger partial charge in [-0.05, 0) is 36.2 Å². The number of methoxy groups -OCH3 is 2. The minimum Gasteiger partial charge on any atom is -0.493 e. The molecule has 1 atom stereocenters. The number of amides is 2. The van der Waals surface area contributed by atoms with Gasteiger partial charge in [-0.25, -0.2) is 0 Å². The molecule has 1 unspecified atom stereocenters. The highest BCUT2D eigenvalue weighted by Crippen LogP contribution is 2.28. The fourth-order valence-corrected chi connectivity index (χ4v) is 4.54. The van der Waals surface area contributed by atoms with Crippen LogP contribution in [0.2, 0.25) is 0 Å². The largest absolute Gasteiger partial charge is 0.493 e. The van der Waals surface area contributed by atoms with Gasteiger partial charge >= 0.3 is 0 Å². The van der Waals surface area contributed by atoms with Gasteiger partial charge in [0, 0.05) is 51.4 Å². The second-order valence-electron chi connectivity index (χ2n) is 8.33. The lowest BCUT2D eigenvalue weighted by atomic mass is 10.1. The van der Waals surface area contributed by atoms with E-state index in [1.165, 1.54) is 5.69 Å². The minimum atomic E-state index is -0.240. The Bertz CT molecular complexity index is 941. The predicted octanol–water partition coefficient (Wildman–Crippen LogP) is 2.44. The van der Waals surface area contributed by atoms with Crippen molar-refractivity contribution < 1.29 is 19.1 Å². The van der Waals surface area contributed by atoms with E-state index >= 15 is 0 Å². The molecular formula is C25H31N3O4. The average molecular weight is 438 g/mol. The quantitative estimate of drug-likeness (QED) is 0.666. The first-order valence-electron chi connectivity index (χ1n) is 11.2. The molecule has 7 heteroatoms. The maximum atomic E-state index is 13.1. The van der Waals surface area contributed by atoms with Crippen LogP contribution in [-0.4, -0.2) is 75.1 Å². The number of carbonyl (C=O) groups is 2. The van der Waals surface area contributed by atoms with Crippen molar-refractivity contribution in [1.82, 2.24) is 9.80 Å². The summed E-state index contributed by atoms with van der Waals surface area (Å²) in [5.74, 6) is 1.30. The standard InChI is InChI=1S/C25H31N3O4/c1-31-22-9-8-19(16-23(22)32-2)10-11-28-18-20(17-24(28)29)25(30)27-14-12-26(13-15-27)21-6-4-3-5-7-21/h3-9,16,20H,10-15,17-18H2,1-2H3. The maximum absolute atomic E-state index is 13.1. The molecule has 170 valence electrons. The van der Waals surface area contributed by atoms with Gasteiger partial charge in [-0.15, -0.1) is 0 Å². The number of nitrogens with zero attached hydrogens (tertiary/aromatic N) is 3. The van der Waals surface area contributed by atoms with Crippen LogP contribution >= 0.6 is 0 Å². The summed E-state index contributed by atoms with van der Waals surface area (Å²) in [6.07, 6.45) is 1.02. The van der Waals surface area contributed by atoms with Crippen LogP contribution in [0.25, 0.3) is 0 Å². The molecule has 2 saturated heterocycles. The highest BCUT2D eigenvalue weighted by atomic mass is 16.5. The zero-order chi connectivity index (χ0) is 22.5. The summed E-state index contributed by atoms with van der Waals surface area (Å²) >= 11 is 0. The van der Waals surface area contributed by atoms with Crippen molar-refractivity contribution in [2.45, 2.75) is 12.8 Å². The molecule has 0 radical (unpaired) electrons. The van der Waals surface area contributed by atoms with Crippen LogP contribution in [0, 0.1) is 5.92 Å². The third kappa shape index (κ3) is 4.82. The summed E-state index contributed by atoms with van der Waals surface area (Å²) in [6, 6.07) is 16.1. The van der Waals surface area contributed by atoms with Crippen LogP contribution in [0.3, 0.4) is 0 Å². The van der Waals surface area contributed by atoms with Crippen molar-refractivity contribution in [1.29, 1.82) is 0 Å². The van der Waals surface area contributed by atoms with Crippen molar-refractivity contribution in [2.75, 3.05) is 58.4 Å². The van der Waals surface area contributed by atoms with Crippen molar-refractivity contribution >= 4 is 17.5 Å². The number of piperazine rings is 1. The first-order chi connectivity index (χ1) is 15.6. The van der Waals surface area contributed by atoms with Crippen LogP contribution in [0.5, 0.6) is 11.5 Å². The third-order valence-corrected chi connectivity index (χ3v) is 6.39. The lowest BCUT2D eigenvalue weighted by Crippen LogP contribution is -2.50. The average Bonchev–Trinajstić information content (AvgIpc) is 3.23. The molecule has 2 fully saturated rings. The van der Waals surface area contributed by atoms with Gasteiger partial charge in [-0.2, -0.15) is 0 Å². The zero-order valence-electron chi connectivity index (χ0n) is 18.8. The molecule has 0 saturated carbocycles. The van der Waals surface area contributed by atoms with E-state index in [2.05, 4.69) is 17.0 Å². The highest BCUT2D eigenvalue weighted by Gasteiger charge is 2.37. The fourth-order valence-electron chi connectivity index (χ4n) is 4.54. The molecule has 4 rings (SSSR count). The van der Waals surface area contributed by atoms with E-state index in [9.17, 15) is 9.59 Å². The van der Waals surface area contributed by atoms with Gasteiger partial charge in [0.1, 0.15) is 0 Å². The topological polar surface area (TPSA) is 62.3 Å². The molecule has 32 heavy (non-hydrogen) atoms. The van der Waals surface area contributed by atoms with Gasteiger partial charge in [0.05, 0.1) is 20.1 Å². The van der Waals surface area contributed by atoms with Crippen molar-refractivity contribution in [3.63, 3.8) is 0 Å². The molecule has 2 aliphatic rings. The maximum Gasteiger partial charge on any atom is 0.228 e. The van der Waals surface area contributed by atoms with Crippen molar-refractivity contribution in [3.05, 3.63) is 54.1 Å². The molecule has 0 aromatic heterocycles. The van der Waals surface area contributed by atoms with Gasteiger partial charge in [0.25, 0.3) is 0 Å². The van der Waals surface area contributed by atoms with Gasteiger partial charge in [0.2, 0.25) is 11.8 Å². The molecule has 0 spiro atoms. The Morgan fingerprint density at radius 1 is 0.969 bits per heavy atom. The molecule has 0 N–H and O–H groups in total. The number of ether oxygens (including phenoxy) is 2. The number of anilines is 1. The summed E-state index contributed by atoms with van der Waals surface area (Å²) < 4.78 is 10.6. The van der Waals surface area contributed by atoms with Gasteiger partial charge < -0.3 is 24.2 Å². The van der Waals surface area contributed by atoms with Crippen LogP contribution in [-0.2, 0) is 16.0 Å². The zero-order valence-corrected chi connectivity index (χ0v) is 18.8. The van der Waals surface area contributed by atoms with E-state index in [1.54, 1.807) is 14.2 Å². The molecule has 2 heterocycles. The molecule has 2 amide bonds. The molecule has 2 aliphatic heterocycles. The Hall–Kier alpha value is -3.22. The first-order valence-corrected chi connectivity index (χ1v) is 11.2. The van der Waals surface area contributed by atoms with E-state index in [-0.39, 0.29) is 17.7 Å². The number of carbonyl (C=O) groups excluding carboxylic acids is 2. The second-order valence-corrected chi connectivity index (χ2v) is 8.33. The first kappa shape index (κ1) is 22.0. The third-order valence-electron chi connectivity index (χ3n) is 6.39. The number of likely N-dealkylation sites (tertiary alicyclic amines) is 1. The number of para-hydroxylation sites is 1. The smallest absolute Gasteiger partial charge is 0.228 e. The molecule has 2 aromatic rings. The van der Waals surface area contributed by atoms with Gasteiger partial charge in [-0.1, -0.05) is 24.3 Å². The highest BCUT2D eigenvalue weighted by molar-refractivity contribution is 5.89. The van der Waals surface area contributed by atoms with Gasteiger partial charge in [-0.3, -0.25) is 9.59 Å². The fraction of sp³-hybridized carbons (Fsp3) is 0.440. The van der Waals surface area contributed by atoms with Gasteiger partial charge in [0.15, 0.2) is 11.5 Å². The van der Waals surface area contributed by atoms with E-state index < -0.39 is 0 Å². The summed E-state index contributed by atoms with van der Waals surface area (Å²) in [5, 5.41) is 0. The number of benzene rings is 2. The molecule has 0 bridgehead atoms. The van der Waals surface area contributed by atoms with Crippen molar-refractivity contribution in [3.8, 4) is 11.5 Å². The summed E-state index contributed by atoms with van der Waals surface area (Å²) in [5.41, 5.74) is 2.26. The lowest BCUT2D eigenvalue weighted by Gasteiger charge is -2.37. The van der Waals surface area contributed by atoms with Crippen LogP contribution in [0.1, 0.15) is 12.0 Å². The van der Waals surface area contributed by atoms with Crippen LogP contribution in [0.15, 0.2) is 48.5 Å². The molecular weight excluding hydrogens is 406 g/mol. The number of rotatable bonds is 7. The van der Waals surface area contributed by atoms with Crippen LogP contribution < -0.4 is 14.4 Å². The van der Waals surface area contributed by atoms with E-state index in [4.69, 9.17) is 9.47 Å². The molecule has 7 nitrogen and oxygen atoms in total. The second kappa shape index (κ2) is 9.94. The Morgan fingerprint density at radius 2 is 1.69 bits per heavy atom. The molecule has 0 aliphatic carbocycles. The SMILES string of the molecule is COc1ccc(CCN2CC(C(=O)N3CCN(c4ccccc4)CC3)CC2=O)cc1OC. The monoisotopic (exact) mass is 437 g/mol. The Balaban J connectivity index is 1.28. The number of hydrogen-bond donors (Lipinski definition) is 0. The van der Waals surface area contributed by atoms with E-state index in [0.717, 1.165) is 18.7 Å². The number of hydrogen-bond acceptors (Lipinski definition) is 5. The lowest BCUT2D eigenvalue weighted by molar-refractivity contribution is -0.136. The Labute approximate surface area is 189 Å². The minimum absolute atomic E-state index is 0.0618. The van der Waals surface area contributed by atoms with E-state index in [0.29, 0.717) is 50.5 Å². The normalized spacial score (nSPS) is 18.8. The van der Waals surface area contributed by atoms with Crippen molar-refractivity contribution in [2.24, 2.45) is 5.92 Å². The summed E-state index contributed by atoms with van der Waals surface area (Å²) in [7, 11) is 3.22. The Morgan fingerprint density at radius 3 is 2.38 bits per heavy atom.